The molecule has 3 N–H and O–H groups in total. The van der Waals surface area contributed by atoms with Gasteiger partial charge in [0.15, 0.2) is 6.29 Å². The van der Waals surface area contributed by atoms with Gasteiger partial charge in [0, 0.05) is 5.69 Å². The van der Waals surface area contributed by atoms with Crippen molar-refractivity contribution >= 4 is 12.0 Å². The van der Waals surface area contributed by atoms with Crippen molar-refractivity contribution in [2.24, 2.45) is 0 Å². The van der Waals surface area contributed by atoms with Gasteiger partial charge in [0.2, 0.25) is 0 Å². The standard InChI is InChI=1S/C10H13NO2.C9H12O/c1-7-6-10(13-4-3-12)8(2)5-9(7)11;1-2-3-8-4-6-9(10)7-5-8/h3,5-6H,4,11H2,1-2H3;4-7,10H,2-3H2,1H3. The number of aryl methyl sites for hydroxylation is 3. The van der Waals surface area contributed by atoms with E-state index in [9.17, 15) is 4.79 Å². The van der Waals surface area contributed by atoms with E-state index in [2.05, 4.69) is 6.92 Å². The second kappa shape index (κ2) is 9.51. The van der Waals surface area contributed by atoms with Crippen molar-refractivity contribution in [3.05, 3.63) is 53.1 Å². The van der Waals surface area contributed by atoms with Crippen LogP contribution in [-0.2, 0) is 11.2 Å². The fourth-order valence-electron chi connectivity index (χ4n) is 2.04. The van der Waals surface area contributed by atoms with Gasteiger partial charge < -0.3 is 15.6 Å². The number of phenolic OH excluding ortho intramolecular Hbond substituents is 1. The Labute approximate surface area is 137 Å². The number of anilines is 1. The van der Waals surface area contributed by atoms with E-state index < -0.39 is 0 Å². The molecule has 0 heterocycles. The number of hydrogen-bond donors (Lipinski definition) is 2. The minimum absolute atomic E-state index is 0.0875. The minimum Gasteiger partial charge on any atom is -0.508 e. The lowest BCUT2D eigenvalue weighted by Gasteiger charge is -2.09. The summed E-state index contributed by atoms with van der Waals surface area (Å²) in [6.07, 6.45) is 2.98. The minimum atomic E-state index is 0.0875. The molecule has 0 bridgehead atoms. The fourth-order valence-corrected chi connectivity index (χ4v) is 2.04. The maximum Gasteiger partial charge on any atom is 0.157 e. The molecule has 2 rings (SSSR count). The smallest absolute Gasteiger partial charge is 0.157 e. The van der Waals surface area contributed by atoms with Gasteiger partial charge in [0.05, 0.1) is 0 Å². The molecule has 0 spiro atoms. The molecule has 0 aliphatic carbocycles. The number of nitrogen functional groups attached to an aromatic ring is 1. The van der Waals surface area contributed by atoms with Crippen LogP contribution in [0.3, 0.4) is 0 Å². The third-order valence-corrected chi connectivity index (χ3v) is 3.35. The van der Waals surface area contributed by atoms with Crippen LogP contribution >= 0.6 is 0 Å². The Kier molecular flexibility index (Phi) is 7.67. The zero-order valence-electron chi connectivity index (χ0n) is 14.0. The average molecular weight is 315 g/mol. The van der Waals surface area contributed by atoms with Crippen LogP contribution in [0.25, 0.3) is 0 Å². The summed E-state index contributed by atoms with van der Waals surface area (Å²) in [5.74, 6) is 1.07. The molecule has 23 heavy (non-hydrogen) atoms. The van der Waals surface area contributed by atoms with Crippen LogP contribution in [0.5, 0.6) is 11.5 Å². The molecule has 0 fully saturated rings. The maximum atomic E-state index is 10.1. The molecule has 0 saturated heterocycles. The molecule has 0 aliphatic heterocycles. The SMILES string of the molecule is CCCc1ccc(O)cc1.Cc1cc(OCC=O)c(C)cc1N. The number of nitrogens with two attached hydrogens (primary N) is 1. The Morgan fingerprint density at radius 1 is 1.13 bits per heavy atom. The maximum absolute atomic E-state index is 10.1. The van der Waals surface area contributed by atoms with E-state index >= 15 is 0 Å². The van der Waals surface area contributed by atoms with Gasteiger partial charge in [-0.1, -0.05) is 25.5 Å². The normalized spacial score (nSPS) is 9.70. The number of rotatable bonds is 5. The van der Waals surface area contributed by atoms with E-state index in [1.54, 1.807) is 12.1 Å². The summed E-state index contributed by atoms with van der Waals surface area (Å²) in [6.45, 7) is 6.04. The topological polar surface area (TPSA) is 72.5 Å². The molecule has 0 amide bonds. The number of benzene rings is 2. The highest BCUT2D eigenvalue weighted by molar-refractivity contribution is 5.55. The lowest BCUT2D eigenvalue weighted by Crippen LogP contribution is -2.01. The first-order valence-electron chi connectivity index (χ1n) is 7.69. The molecule has 0 aromatic heterocycles. The molecule has 0 radical (unpaired) electrons. The highest BCUT2D eigenvalue weighted by atomic mass is 16.5. The summed E-state index contributed by atoms with van der Waals surface area (Å²) in [4.78, 5) is 10.1. The Hall–Kier alpha value is -2.49. The molecule has 2 aromatic carbocycles. The number of aldehydes is 1. The molecule has 0 unspecified atom stereocenters. The van der Waals surface area contributed by atoms with Gasteiger partial charge in [0.1, 0.15) is 18.1 Å². The van der Waals surface area contributed by atoms with Gasteiger partial charge in [-0.3, -0.25) is 4.79 Å². The summed E-state index contributed by atoms with van der Waals surface area (Å²) >= 11 is 0. The lowest BCUT2D eigenvalue weighted by atomic mass is 10.1. The predicted molar refractivity (Wildman–Crippen MR) is 94.0 cm³/mol. The number of hydrogen-bond acceptors (Lipinski definition) is 4. The third kappa shape index (κ3) is 6.43. The van der Waals surface area contributed by atoms with Crippen molar-refractivity contribution in [1.29, 1.82) is 0 Å². The van der Waals surface area contributed by atoms with Crippen LogP contribution in [0.1, 0.15) is 30.0 Å². The van der Waals surface area contributed by atoms with Crippen LogP contribution in [-0.4, -0.2) is 18.0 Å². The Morgan fingerprint density at radius 3 is 2.35 bits per heavy atom. The van der Waals surface area contributed by atoms with Crippen LogP contribution < -0.4 is 10.5 Å². The zero-order valence-corrected chi connectivity index (χ0v) is 14.0. The summed E-state index contributed by atoms with van der Waals surface area (Å²) in [7, 11) is 0. The van der Waals surface area contributed by atoms with Gasteiger partial charge in [-0.25, -0.2) is 0 Å². The Balaban J connectivity index is 0.000000238. The van der Waals surface area contributed by atoms with Crippen molar-refractivity contribution in [3.63, 3.8) is 0 Å². The largest absolute Gasteiger partial charge is 0.508 e. The summed E-state index contributed by atoms with van der Waals surface area (Å²) < 4.78 is 5.20. The van der Waals surface area contributed by atoms with E-state index in [1.165, 1.54) is 5.56 Å². The molecule has 124 valence electrons. The van der Waals surface area contributed by atoms with Crippen LogP contribution in [0.4, 0.5) is 5.69 Å². The molecule has 4 nitrogen and oxygen atoms in total. The summed E-state index contributed by atoms with van der Waals surface area (Å²) in [6, 6.07) is 11.1. The molecule has 0 atom stereocenters. The predicted octanol–water partition coefficient (Wildman–Crippen LogP) is 3.81. The Morgan fingerprint density at radius 2 is 1.78 bits per heavy atom. The second-order valence-electron chi connectivity index (χ2n) is 5.37. The molecular formula is C19H25NO3. The van der Waals surface area contributed by atoms with Crippen molar-refractivity contribution in [3.8, 4) is 11.5 Å². The number of phenols is 1. The van der Waals surface area contributed by atoms with E-state index in [4.69, 9.17) is 15.6 Å². The van der Waals surface area contributed by atoms with Crippen molar-refractivity contribution in [2.45, 2.75) is 33.6 Å². The van der Waals surface area contributed by atoms with Gasteiger partial charge in [-0.05, 0) is 61.2 Å². The molecule has 4 heteroatoms. The first-order chi connectivity index (χ1) is 11.0. The number of carbonyl (C=O) groups excluding carboxylic acids is 1. The first kappa shape index (κ1) is 18.6. The molecule has 0 aliphatic rings. The van der Waals surface area contributed by atoms with Crippen LogP contribution in [0, 0.1) is 13.8 Å². The second-order valence-corrected chi connectivity index (χ2v) is 5.37. The summed E-state index contributed by atoms with van der Waals surface area (Å²) in [5, 5.41) is 8.92. The fraction of sp³-hybridized carbons (Fsp3) is 0.316. The Bertz CT molecular complexity index is 621. The average Bonchev–Trinajstić information content (AvgIpc) is 2.53. The molecule has 2 aromatic rings. The number of aromatic hydroxyl groups is 1. The first-order valence-corrected chi connectivity index (χ1v) is 7.69. The van der Waals surface area contributed by atoms with Crippen LogP contribution in [0.2, 0.25) is 0 Å². The van der Waals surface area contributed by atoms with Crippen molar-refractivity contribution < 1.29 is 14.6 Å². The van der Waals surface area contributed by atoms with E-state index in [-0.39, 0.29) is 6.61 Å². The van der Waals surface area contributed by atoms with Gasteiger partial charge in [-0.15, -0.1) is 0 Å². The van der Waals surface area contributed by atoms with E-state index in [0.717, 1.165) is 41.7 Å². The monoisotopic (exact) mass is 315 g/mol. The van der Waals surface area contributed by atoms with Gasteiger partial charge >= 0.3 is 0 Å². The van der Waals surface area contributed by atoms with Crippen molar-refractivity contribution in [2.75, 3.05) is 12.3 Å². The van der Waals surface area contributed by atoms with E-state index in [1.807, 2.05) is 38.1 Å². The third-order valence-electron chi connectivity index (χ3n) is 3.35. The zero-order chi connectivity index (χ0) is 17.2. The van der Waals surface area contributed by atoms with Gasteiger partial charge in [-0.2, -0.15) is 0 Å². The number of ether oxygens (including phenoxy) is 1. The molecule has 0 saturated carbocycles. The van der Waals surface area contributed by atoms with E-state index in [0.29, 0.717) is 5.75 Å². The van der Waals surface area contributed by atoms with Gasteiger partial charge in [0.25, 0.3) is 0 Å². The lowest BCUT2D eigenvalue weighted by molar-refractivity contribution is -0.109. The quantitative estimate of drug-likeness (QED) is 0.650. The number of carbonyl (C=O) groups is 1. The highest BCUT2D eigenvalue weighted by Gasteiger charge is 2.02. The molecular weight excluding hydrogens is 290 g/mol. The summed E-state index contributed by atoms with van der Waals surface area (Å²) in [5.41, 5.74) is 9.64. The van der Waals surface area contributed by atoms with Crippen molar-refractivity contribution in [1.82, 2.24) is 0 Å². The highest BCUT2D eigenvalue weighted by Crippen LogP contribution is 2.23. The van der Waals surface area contributed by atoms with Crippen LogP contribution in [0.15, 0.2) is 36.4 Å².